The Labute approximate surface area is 211 Å². The molecular weight excluding hydrogens is 497 g/mol. The third kappa shape index (κ3) is 8.73. The van der Waals surface area contributed by atoms with E-state index >= 15 is 0 Å². The van der Waals surface area contributed by atoms with Crippen LogP contribution >= 0.6 is 31.2 Å². The quantitative estimate of drug-likeness (QED) is 0.243. The highest BCUT2D eigenvalue weighted by Gasteiger charge is 2.28. The Balaban J connectivity index is 0.00000324. The van der Waals surface area contributed by atoms with Crippen LogP contribution in [0.5, 0.6) is 5.75 Å². The van der Waals surface area contributed by atoms with E-state index in [-0.39, 0.29) is 9.27 Å². The van der Waals surface area contributed by atoms with E-state index in [0.29, 0.717) is 18.1 Å². The molecule has 182 valence electrons. The Hall–Kier alpha value is -1.87. The van der Waals surface area contributed by atoms with Crippen molar-refractivity contribution in [2.75, 3.05) is 13.2 Å². The van der Waals surface area contributed by atoms with Crippen LogP contribution in [0.3, 0.4) is 0 Å². The molecule has 3 aromatic rings. The van der Waals surface area contributed by atoms with Crippen LogP contribution in [0.2, 0.25) is 5.02 Å². The number of phosphoric ester groups is 1. The SMILES string of the molecule is NC(CO)(CCc1ccc(Sc2cccc(OCc3ccccc3)c2)cc1Cl)COP(=O)(O)O.[H+].[H+]. The summed E-state index contributed by atoms with van der Waals surface area (Å²) < 4.78 is 21.3. The molecule has 0 bridgehead atoms. The van der Waals surface area contributed by atoms with Crippen molar-refractivity contribution in [2.24, 2.45) is 5.73 Å². The predicted molar refractivity (Wildman–Crippen MR) is 135 cm³/mol. The smallest absolute Gasteiger partial charge is 0.489 e. The molecule has 0 fully saturated rings. The zero-order valence-corrected chi connectivity index (χ0v) is 20.8. The molecule has 34 heavy (non-hydrogen) atoms. The van der Waals surface area contributed by atoms with E-state index in [1.807, 2.05) is 72.8 Å². The van der Waals surface area contributed by atoms with Crippen LogP contribution in [0.4, 0.5) is 0 Å². The average molecular weight is 526 g/mol. The zero-order chi connectivity index (χ0) is 24.6. The van der Waals surface area contributed by atoms with Gasteiger partial charge >= 0.3 is 10.7 Å². The lowest BCUT2D eigenvalue weighted by atomic mass is 9.94. The minimum absolute atomic E-state index is 0. The number of hydrogen-bond donors (Lipinski definition) is 4. The Bertz CT molecular complexity index is 1140. The number of rotatable bonds is 12. The van der Waals surface area contributed by atoms with Crippen LogP contribution in [-0.2, 0) is 22.1 Å². The Morgan fingerprint density at radius 2 is 1.76 bits per heavy atom. The molecular formula is C24H29ClNO6PS+2. The van der Waals surface area contributed by atoms with Crippen LogP contribution in [0.15, 0.2) is 82.6 Å². The number of hydrogen-bond acceptors (Lipinski definition) is 6. The highest BCUT2D eigenvalue weighted by atomic mass is 35.5. The number of aliphatic hydroxyl groups is 1. The van der Waals surface area contributed by atoms with Gasteiger partial charge in [-0.25, -0.2) is 4.57 Å². The van der Waals surface area contributed by atoms with Crippen molar-refractivity contribution in [3.8, 4) is 5.75 Å². The Kier molecular flexibility index (Phi) is 9.59. The van der Waals surface area contributed by atoms with E-state index in [1.54, 1.807) is 11.8 Å². The number of benzene rings is 3. The maximum Gasteiger partial charge on any atom is 1.00 e. The first-order valence-electron chi connectivity index (χ1n) is 10.5. The molecule has 0 aromatic heterocycles. The first kappa shape index (κ1) is 26.7. The van der Waals surface area contributed by atoms with Gasteiger partial charge in [0.05, 0.1) is 18.8 Å². The summed E-state index contributed by atoms with van der Waals surface area (Å²) in [6, 6.07) is 23.4. The van der Waals surface area contributed by atoms with Crippen molar-refractivity contribution >= 4 is 31.2 Å². The molecule has 1 atom stereocenters. The summed E-state index contributed by atoms with van der Waals surface area (Å²) in [6.07, 6.45) is 0.644. The molecule has 0 aliphatic rings. The fraction of sp³-hybridized carbons (Fsp3) is 0.250. The second-order valence-electron chi connectivity index (χ2n) is 7.89. The average Bonchev–Trinajstić information content (AvgIpc) is 2.81. The van der Waals surface area contributed by atoms with Crippen LogP contribution in [-0.4, -0.2) is 33.6 Å². The molecule has 5 N–H and O–H groups in total. The Morgan fingerprint density at radius 1 is 1.03 bits per heavy atom. The van der Waals surface area contributed by atoms with Gasteiger partial charge in [-0.05, 0) is 54.3 Å². The lowest BCUT2D eigenvalue weighted by Crippen LogP contribution is -2.48. The standard InChI is InChI=1S/C24H27ClNO6PS/c25-23-14-22(10-9-19(23)11-12-24(26,16-27)17-32-33(28,29)30)34-21-8-4-7-20(13-21)31-15-18-5-2-1-3-6-18/h1-10,13-14,27H,11-12,15-17,26H2,(H2,28,29,30)/p+2. The molecule has 0 aliphatic heterocycles. The van der Waals surface area contributed by atoms with Crippen molar-refractivity contribution in [3.05, 3.63) is 88.9 Å². The molecule has 3 aromatic carbocycles. The largest absolute Gasteiger partial charge is 1.00 e. The zero-order valence-electron chi connectivity index (χ0n) is 20.3. The summed E-state index contributed by atoms with van der Waals surface area (Å²) in [7, 11) is -4.67. The summed E-state index contributed by atoms with van der Waals surface area (Å²) in [4.78, 5) is 19.7. The second-order valence-corrected chi connectivity index (χ2v) is 10.7. The minimum atomic E-state index is -4.67. The summed E-state index contributed by atoms with van der Waals surface area (Å²) in [5, 5.41) is 10.1. The van der Waals surface area contributed by atoms with Gasteiger partial charge in [-0.15, -0.1) is 0 Å². The molecule has 0 radical (unpaired) electrons. The van der Waals surface area contributed by atoms with E-state index in [2.05, 4.69) is 4.52 Å². The maximum absolute atomic E-state index is 10.9. The molecule has 3 rings (SSSR count). The first-order chi connectivity index (χ1) is 16.2. The number of halogens is 1. The van der Waals surface area contributed by atoms with Crippen molar-refractivity contribution in [1.82, 2.24) is 0 Å². The predicted octanol–water partition coefficient (Wildman–Crippen LogP) is 5.03. The van der Waals surface area contributed by atoms with Crippen LogP contribution in [0.1, 0.15) is 20.4 Å². The first-order valence-corrected chi connectivity index (χ1v) is 13.2. The number of aryl methyl sites for hydroxylation is 1. The van der Waals surface area contributed by atoms with E-state index in [9.17, 15) is 9.67 Å². The van der Waals surface area contributed by atoms with Crippen molar-refractivity contribution < 1.29 is 31.6 Å². The number of ether oxygens (including phenoxy) is 1. The van der Waals surface area contributed by atoms with Gasteiger partial charge in [0.2, 0.25) is 0 Å². The molecule has 0 saturated carbocycles. The fourth-order valence-corrected chi connectivity index (χ4v) is 4.76. The molecule has 0 saturated heterocycles. The molecule has 10 heteroatoms. The van der Waals surface area contributed by atoms with Crippen molar-refractivity contribution in [2.45, 2.75) is 34.8 Å². The van der Waals surface area contributed by atoms with Gasteiger partial charge in [0, 0.05) is 14.8 Å². The van der Waals surface area contributed by atoms with Crippen LogP contribution < -0.4 is 10.5 Å². The minimum Gasteiger partial charge on any atom is -0.489 e. The molecule has 0 aliphatic carbocycles. The van der Waals surface area contributed by atoms with Gasteiger partial charge in [0.25, 0.3) is 0 Å². The van der Waals surface area contributed by atoms with E-state index in [4.69, 9.17) is 31.9 Å². The van der Waals surface area contributed by atoms with E-state index in [1.165, 1.54) is 0 Å². The Morgan fingerprint density at radius 3 is 2.44 bits per heavy atom. The third-order valence-corrected chi connectivity index (χ3v) is 6.84. The van der Waals surface area contributed by atoms with Crippen LogP contribution in [0.25, 0.3) is 0 Å². The third-order valence-electron chi connectivity index (χ3n) is 5.04. The lowest BCUT2D eigenvalue weighted by molar-refractivity contribution is 0.102. The van der Waals surface area contributed by atoms with Crippen molar-refractivity contribution in [1.29, 1.82) is 0 Å². The van der Waals surface area contributed by atoms with Gasteiger partial charge < -0.3 is 25.4 Å². The monoisotopic (exact) mass is 525 g/mol. The summed E-state index contributed by atoms with van der Waals surface area (Å²) in [6.45, 7) is -0.464. The lowest BCUT2D eigenvalue weighted by Gasteiger charge is -2.27. The normalized spacial score (nSPS) is 13.4. The topological polar surface area (TPSA) is 122 Å². The molecule has 7 nitrogen and oxygen atoms in total. The van der Waals surface area contributed by atoms with Gasteiger partial charge in [-0.1, -0.05) is 65.8 Å². The molecule has 1 unspecified atom stereocenters. The molecule has 0 amide bonds. The van der Waals surface area contributed by atoms with Crippen molar-refractivity contribution in [3.63, 3.8) is 0 Å². The van der Waals surface area contributed by atoms with E-state index < -0.39 is 26.6 Å². The highest BCUT2D eigenvalue weighted by Crippen LogP contribution is 2.37. The summed E-state index contributed by atoms with van der Waals surface area (Å²) in [5.74, 6) is 0.775. The van der Waals surface area contributed by atoms with E-state index in [0.717, 1.165) is 26.7 Å². The fourth-order valence-electron chi connectivity index (χ4n) is 3.09. The second kappa shape index (κ2) is 12.2. The maximum atomic E-state index is 10.9. The number of phosphoric acid groups is 1. The summed E-state index contributed by atoms with van der Waals surface area (Å²) >= 11 is 8.02. The highest BCUT2D eigenvalue weighted by molar-refractivity contribution is 7.99. The molecule has 0 heterocycles. The van der Waals surface area contributed by atoms with Gasteiger partial charge in [0.15, 0.2) is 0 Å². The summed E-state index contributed by atoms with van der Waals surface area (Å²) in [5.41, 5.74) is 6.65. The number of nitrogens with two attached hydrogens (primary N) is 1. The molecule has 0 spiro atoms. The number of aliphatic hydroxyl groups excluding tert-OH is 1. The van der Waals surface area contributed by atoms with Gasteiger partial charge in [-0.2, -0.15) is 0 Å². The van der Waals surface area contributed by atoms with Crippen LogP contribution in [0, 0.1) is 0 Å². The van der Waals surface area contributed by atoms with Gasteiger partial charge in [-0.3, -0.25) is 4.52 Å². The van der Waals surface area contributed by atoms with Gasteiger partial charge in [0.1, 0.15) is 12.4 Å².